The number of thiazole rings is 1. The largest absolute Gasteiger partial charge is 0.481 e. The van der Waals surface area contributed by atoms with Crippen molar-refractivity contribution in [1.82, 2.24) is 10.3 Å². The van der Waals surface area contributed by atoms with E-state index in [1.165, 1.54) is 11.3 Å². The van der Waals surface area contributed by atoms with Gasteiger partial charge in [0.1, 0.15) is 0 Å². The summed E-state index contributed by atoms with van der Waals surface area (Å²) in [6.07, 6.45) is 0.0130. The number of benzene rings is 1. The smallest absolute Gasteiger partial charge is 0.305 e. The summed E-state index contributed by atoms with van der Waals surface area (Å²) in [4.78, 5) is 27.2. The van der Waals surface area contributed by atoms with Crippen LogP contribution < -0.4 is 5.32 Å². The van der Waals surface area contributed by atoms with E-state index in [-0.39, 0.29) is 18.7 Å². The molecule has 0 aliphatic heterocycles. The van der Waals surface area contributed by atoms with E-state index in [0.29, 0.717) is 5.69 Å². The molecule has 0 radical (unpaired) electrons. The fourth-order valence-corrected chi connectivity index (χ4v) is 2.62. The van der Waals surface area contributed by atoms with Crippen LogP contribution >= 0.6 is 11.3 Å². The second-order valence-corrected chi connectivity index (χ2v) is 5.73. The van der Waals surface area contributed by atoms with Crippen LogP contribution in [0.25, 0.3) is 0 Å². The van der Waals surface area contributed by atoms with E-state index in [2.05, 4.69) is 10.3 Å². The molecule has 0 spiro atoms. The summed E-state index contributed by atoms with van der Waals surface area (Å²) >= 11 is 1.49. The maximum absolute atomic E-state index is 12.0. The second-order valence-electron chi connectivity index (χ2n) is 4.66. The molecular formula is C15H16N2O3S. The molecule has 1 aromatic carbocycles. The van der Waals surface area contributed by atoms with Gasteiger partial charge in [0.15, 0.2) is 0 Å². The maximum Gasteiger partial charge on any atom is 0.305 e. The Hall–Kier alpha value is -2.21. The number of carboxylic acids is 1. The normalized spacial score (nSPS) is 11.9. The minimum atomic E-state index is -0.950. The lowest BCUT2D eigenvalue weighted by Gasteiger charge is -2.17. The van der Waals surface area contributed by atoms with Crippen LogP contribution in [0.2, 0.25) is 0 Å². The first kappa shape index (κ1) is 15.2. The molecule has 1 unspecified atom stereocenters. The standard InChI is InChI=1S/C15H16N2O3S/c1-10-16-12(9-21-10)7-14(18)17-13(8-15(19)20)11-5-3-2-4-6-11/h2-6,9,13H,7-8H2,1H3,(H,17,18)(H,19,20). The van der Waals surface area contributed by atoms with Crippen LogP contribution in [0.15, 0.2) is 35.7 Å². The average molecular weight is 304 g/mol. The molecule has 21 heavy (non-hydrogen) atoms. The first-order valence-electron chi connectivity index (χ1n) is 6.51. The highest BCUT2D eigenvalue weighted by molar-refractivity contribution is 7.09. The van der Waals surface area contributed by atoms with Crippen molar-refractivity contribution in [2.45, 2.75) is 25.8 Å². The van der Waals surface area contributed by atoms with Gasteiger partial charge in [-0.2, -0.15) is 0 Å². The van der Waals surface area contributed by atoms with E-state index in [4.69, 9.17) is 5.11 Å². The minimum absolute atomic E-state index is 0.147. The van der Waals surface area contributed by atoms with Crippen LogP contribution in [0.1, 0.15) is 28.7 Å². The van der Waals surface area contributed by atoms with Gasteiger partial charge in [-0.15, -0.1) is 11.3 Å². The molecule has 0 saturated heterocycles. The highest BCUT2D eigenvalue weighted by Gasteiger charge is 2.18. The Balaban J connectivity index is 2.04. The van der Waals surface area contributed by atoms with Gasteiger partial charge >= 0.3 is 5.97 Å². The molecule has 2 aromatic rings. The van der Waals surface area contributed by atoms with Gasteiger partial charge in [-0.1, -0.05) is 30.3 Å². The molecule has 1 amide bonds. The monoisotopic (exact) mass is 304 g/mol. The van der Waals surface area contributed by atoms with Crippen molar-refractivity contribution < 1.29 is 14.7 Å². The van der Waals surface area contributed by atoms with Gasteiger partial charge in [0.25, 0.3) is 0 Å². The van der Waals surface area contributed by atoms with Crippen molar-refractivity contribution in [1.29, 1.82) is 0 Å². The molecule has 0 bridgehead atoms. The summed E-state index contributed by atoms with van der Waals surface area (Å²) in [6.45, 7) is 1.88. The van der Waals surface area contributed by atoms with E-state index >= 15 is 0 Å². The van der Waals surface area contributed by atoms with Gasteiger partial charge in [0.2, 0.25) is 5.91 Å². The lowest BCUT2D eigenvalue weighted by Crippen LogP contribution is -2.31. The Morgan fingerprint density at radius 3 is 2.62 bits per heavy atom. The van der Waals surface area contributed by atoms with Crippen molar-refractivity contribution >= 4 is 23.2 Å². The lowest BCUT2D eigenvalue weighted by atomic mass is 10.0. The number of nitrogens with one attached hydrogen (secondary N) is 1. The lowest BCUT2D eigenvalue weighted by molar-refractivity contribution is -0.137. The van der Waals surface area contributed by atoms with E-state index in [1.807, 2.05) is 30.5 Å². The van der Waals surface area contributed by atoms with Gasteiger partial charge in [-0.3, -0.25) is 9.59 Å². The molecular weight excluding hydrogens is 288 g/mol. The highest BCUT2D eigenvalue weighted by Crippen LogP contribution is 2.17. The molecule has 6 heteroatoms. The van der Waals surface area contributed by atoms with Gasteiger partial charge in [-0.05, 0) is 12.5 Å². The summed E-state index contributed by atoms with van der Waals surface area (Å²) in [5.74, 6) is -1.18. The van der Waals surface area contributed by atoms with Gasteiger partial charge in [0, 0.05) is 5.38 Å². The minimum Gasteiger partial charge on any atom is -0.481 e. The highest BCUT2D eigenvalue weighted by atomic mass is 32.1. The number of aliphatic carboxylic acids is 1. The number of carboxylic acid groups (broad SMARTS) is 1. The third kappa shape index (κ3) is 4.68. The fraction of sp³-hybridized carbons (Fsp3) is 0.267. The molecule has 1 aromatic heterocycles. The molecule has 110 valence electrons. The van der Waals surface area contributed by atoms with Crippen LogP contribution in [0.5, 0.6) is 0 Å². The van der Waals surface area contributed by atoms with Crippen molar-refractivity contribution in [2.24, 2.45) is 0 Å². The number of aromatic nitrogens is 1. The fourth-order valence-electron chi connectivity index (χ4n) is 2.01. The van der Waals surface area contributed by atoms with Crippen LogP contribution in [0, 0.1) is 6.92 Å². The molecule has 0 fully saturated rings. The van der Waals surface area contributed by atoms with Crippen LogP contribution in [0.3, 0.4) is 0 Å². The molecule has 0 aliphatic carbocycles. The predicted molar refractivity (Wildman–Crippen MR) is 80.1 cm³/mol. The first-order valence-corrected chi connectivity index (χ1v) is 7.39. The summed E-state index contributed by atoms with van der Waals surface area (Å²) in [5.41, 5.74) is 1.49. The third-order valence-electron chi connectivity index (χ3n) is 2.92. The Bertz CT molecular complexity index is 625. The van der Waals surface area contributed by atoms with Crippen LogP contribution in [0.4, 0.5) is 0 Å². The van der Waals surface area contributed by atoms with Crippen molar-refractivity contribution in [3.63, 3.8) is 0 Å². The number of nitrogens with zero attached hydrogens (tertiary/aromatic N) is 1. The van der Waals surface area contributed by atoms with Crippen molar-refractivity contribution in [2.75, 3.05) is 0 Å². The Morgan fingerprint density at radius 2 is 2.05 bits per heavy atom. The molecule has 2 N–H and O–H groups in total. The zero-order chi connectivity index (χ0) is 15.2. The predicted octanol–water partition coefficient (Wildman–Crippen LogP) is 2.33. The summed E-state index contributed by atoms with van der Waals surface area (Å²) in [5, 5.41) is 14.5. The Labute approximate surface area is 126 Å². The topological polar surface area (TPSA) is 79.3 Å². The van der Waals surface area contributed by atoms with E-state index in [9.17, 15) is 9.59 Å². The van der Waals surface area contributed by atoms with Crippen LogP contribution in [-0.4, -0.2) is 22.0 Å². The zero-order valence-electron chi connectivity index (χ0n) is 11.6. The molecule has 1 atom stereocenters. The first-order chi connectivity index (χ1) is 10.0. The number of rotatable bonds is 6. The van der Waals surface area contributed by atoms with E-state index in [0.717, 1.165) is 10.6 Å². The van der Waals surface area contributed by atoms with Gasteiger partial charge in [-0.25, -0.2) is 4.98 Å². The molecule has 0 saturated carbocycles. The Kier molecular flexibility index (Phi) is 5.05. The quantitative estimate of drug-likeness (QED) is 0.858. The van der Waals surface area contributed by atoms with Crippen molar-refractivity contribution in [3.05, 3.63) is 52.0 Å². The summed E-state index contributed by atoms with van der Waals surface area (Å²) in [7, 11) is 0. The number of aryl methyl sites for hydroxylation is 1. The molecule has 1 heterocycles. The average Bonchev–Trinajstić information content (AvgIpc) is 2.83. The van der Waals surface area contributed by atoms with Gasteiger partial charge in [0.05, 0.1) is 29.6 Å². The molecule has 0 aliphatic rings. The summed E-state index contributed by atoms with van der Waals surface area (Å²) in [6, 6.07) is 8.57. The SMILES string of the molecule is Cc1nc(CC(=O)NC(CC(=O)O)c2ccccc2)cs1. The number of carbonyl (C=O) groups excluding carboxylic acids is 1. The molecule has 5 nitrogen and oxygen atoms in total. The Morgan fingerprint density at radius 1 is 1.33 bits per heavy atom. The van der Waals surface area contributed by atoms with Crippen LogP contribution in [-0.2, 0) is 16.0 Å². The van der Waals surface area contributed by atoms with E-state index < -0.39 is 12.0 Å². The number of hydrogen-bond acceptors (Lipinski definition) is 4. The van der Waals surface area contributed by atoms with Crippen molar-refractivity contribution in [3.8, 4) is 0 Å². The van der Waals surface area contributed by atoms with E-state index in [1.54, 1.807) is 12.1 Å². The number of carbonyl (C=O) groups is 2. The summed E-state index contributed by atoms with van der Waals surface area (Å²) < 4.78 is 0. The second kappa shape index (κ2) is 6.99. The van der Waals surface area contributed by atoms with Gasteiger partial charge < -0.3 is 10.4 Å². The third-order valence-corrected chi connectivity index (χ3v) is 3.75. The maximum atomic E-state index is 12.0. The number of amides is 1. The zero-order valence-corrected chi connectivity index (χ0v) is 12.4. The molecule has 2 rings (SSSR count). The number of hydrogen-bond donors (Lipinski definition) is 2.